The third-order valence-electron chi connectivity index (χ3n) is 6.99. The van der Waals surface area contributed by atoms with Crippen LogP contribution in [0.3, 0.4) is 0 Å². The van der Waals surface area contributed by atoms with Crippen LogP contribution in [0.2, 0.25) is 0 Å². The molecule has 144 valence electrons. The first kappa shape index (κ1) is 19.1. The molecule has 0 aromatic carbocycles. The predicted octanol–water partition coefficient (Wildman–Crippen LogP) is 3.28. The zero-order valence-corrected chi connectivity index (χ0v) is 16.5. The van der Waals surface area contributed by atoms with E-state index in [2.05, 4.69) is 20.8 Å². The number of hydrogen-bond donors (Lipinski definition) is 1. The van der Waals surface area contributed by atoms with Gasteiger partial charge in [-0.15, -0.1) is 0 Å². The van der Waals surface area contributed by atoms with Gasteiger partial charge in [-0.1, -0.05) is 13.8 Å². The summed E-state index contributed by atoms with van der Waals surface area (Å²) in [5.74, 6) is -0.217. The molecule has 3 rings (SSSR count). The quantitative estimate of drug-likeness (QED) is 0.788. The maximum atomic E-state index is 11.2. The molecule has 5 heteroatoms. The van der Waals surface area contributed by atoms with Gasteiger partial charge in [0.05, 0.1) is 24.4 Å². The zero-order valence-electron chi connectivity index (χ0n) is 16.5. The van der Waals surface area contributed by atoms with Gasteiger partial charge in [0.15, 0.2) is 5.79 Å². The summed E-state index contributed by atoms with van der Waals surface area (Å²) in [6.07, 6.45) is 3.25. The Morgan fingerprint density at radius 3 is 2.56 bits per heavy atom. The molecule has 5 nitrogen and oxygen atoms in total. The molecular weight excluding hydrogens is 320 g/mol. The van der Waals surface area contributed by atoms with Crippen LogP contribution in [0.25, 0.3) is 0 Å². The van der Waals surface area contributed by atoms with Gasteiger partial charge in [-0.25, -0.2) is 0 Å². The van der Waals surface area contributed by atoms with Crippen molar-refractivity contribution in [2.75, 3.05) is 6.61 Å². The van der Waals surface area contributed by atoms with Crippen LogP contribution in [0, 0.1) is 23.2 Å². The minimum Gasteiger partial charge on any atom is -0.466 e. The lowest BCUT2D eigenvalue weighted by Gasteiger charge is -2.65. The first-order valence-electron chi connectivity index (χ1n) is 9.68. The van der Waals surface area contributed by atoms with Crippen LogP contribution in [0.5, 0.6) is 0 Å². The Bertz CT molecular complexity index is 532. The van der Waals surface area contributed by atoms with Crippen LogP contribution >= 0.6 is 0 Å². The number of esters is 1. The van der Waals surface area contributed by atoms with Gasteiger partial charge < -0.3 is 19.3 Å². The van der Waals surface area contributed by atoms with E-state index in [0.29, 0.717) is 12.5 Å². The SMILES string of the molecule is CC(=O)OC[C@@H](C)[C@@H]1CC[C@]2(C)C3[C@H]1OC(C)(C)O[C@]3(C)CC[C@H]2O. The lowest BCUT2D eigenvalue weighted by Crippen LogP contribution is -2.70. The average molecular weight is 354 g/mol. The second-order valence-electron chi connectivity index (χ2n) is 9.42. The van der Waals surface area contributed by atoms with Crippen molar-refractivity contribution in [1.29, 1.82) is 0 Å². The third-order valence-corrected chi connectivity index (χ3v) is 6.99. The lowest BCUT2D eigenvalue weighted by atomic mass is 9.49. The third kappa shape index (κ3) is 3.24. The molecule has 0 bridgehead atoms. The molecule has 0 spiro atoms. The van der Waals surface area contributed by atoms with Gasteiger partial charge in [0, 0.05) is 18.3 Å². The zero-order chi connectivity index (χ0) is 18.6. The molecule has 1 heterocycles. The highest BCUT2D eigenvalue weighted by molar-refractivity contribution is 5.65. The average Bonchev–Trinajstić information content (AvgIpc) is 2.47. The summed E-state index contributed by atoms with van der Waals surface area (Å²) in [5, 5.41) is 10.8. The van der Waals surface area contributed by atoms with Crippen molar-refractivity contribution >= 4 is 5.97 Å². The highest BCUT2D eigenvalue weighted by Crippen LogP contribution is 2.61. The van der Waals surface area contributed by atoms with Gasteiger partial charge in [0.1, 0.15) is 0 Å². The van der Waals surface area contributed by atoms with Crippen LogP contribution in [-0.4, -0.2) is 41.3 Å². The molecule has 7 atom stereocenters. The molecule has 3 aliphatic rings. The summed E-state index contributed by atoms with van der Waals surface area (Å²) < 4.78 is 18.2. The second kappa shape index (κ2) is 6.21. The number of rotatable bonds is 3. The highest BCUT2D eigenvalue weighted by Gasteiger charge is 2.65. The minimum absolute atomic E-state index is 0.00741. The molecular formula is C20H34O5. The van der Waals surface area contributed by atoms with Gasteiger partial charge in [0.25, 0.3) is 0 Å². The topological polar surface area (TPSA) is 65.0 Å². The molecule has 0 amide bonds. The number of hydrogen-bond acceptors (Lipinski definition) is 5. The van der Waals surface area contributed by atoms with E-state index in [-0.39, 0.29) is 41.0 Å². The van der Waals surface area contributed by atoms with E-state index in [0.717, 1.165) is 25.7 Å². The molecule has 1 N–H and O–H groups in total. The summed E-state index contributed by atoms with van der Waals surface area (Å²) in [7, 11) is 0. The van der Waals surface area contributed by atoms with Gasteiger partial charge in [-0.2, -0.15) is 0 Å². The second-order valence-corrected chi connectivity index (χ2v) is 9.42. The molecule has 0 aromatic rings. The van der Waals surface area contributed by atoms with Crippen molar-refractivity contribution in [2.24, 2.45) is 23.2 Å². The normalized spacial score (nSPS) is 46.8. The van der Waals surface area contributed by atoms with E-state index in [1.165, 1.54) is 6.92 Å². The Morgan fingerprint density at radius 1 is 1.24 bits per heavy atom. The van der Waals surface area contributed by atoms with E-state index in [1.54, 1.807) is 0 Å². The van der Waals surface area contributed by atoms with Crippen LogP contribution < -0.4 is 0 Å². The number of carbonyl (C=O) groups is 1. The van der Waals surface area contributed by atoms with Crippen LogP contribution in [0.1, 0.15) is 67.2 Å². The Morgan fingerprint density at radius 2 is 1.92 bits per heavy atom. The fourth-order valence-corrected chi connectivity index (χ4v) is 5.91. The molecule has 2 aliphatic carbocycles. The van der Waals surface area contributed by atoms with E-state index >= 15 is 0 Å². The maximum Gasteiger partial charge on any atom is 0.302 e. The largest absolute Gasteiger partial charge is 0.466 e. The molecule has 0 radical (unpaired) electrons. The van der Waals surface area contributed by atoms with Crippen LogP contribution in [-0.2, 0) is 19.0 Å². The summed E-state index contributed by atoms with van der Waals surface area (Å²) in [4.78, 5) is 11.2. The monoisotopic (exact) mass is 354 g/mol. The number of carbonyl (C=O) groups excluding carboxylic acids is 1. The van der Waals surface area contributed by atoms with Crippen molar-refractivity contribution in [2.45, 2.75) is 90.8 Å². The number of ether oxygens (including phenoxy) is 3. The Labute approximate surface area is 151 Å². The Kier molecular flexibility index (Phi) is 4.75. The standard InChI is InChI=1S/C20H34O5/c1-12(11-23-13(2)21)14-7-9-19(5)15(22)8-10-20(6)17(19)16(14)24-18(3,4)25-20/h12,14-17,22H,7-11H2,1-6H3/t12-,14+,15-,16+,17?,19+,20-/m1/s1. The van der Waals surface area contributed by atoms with E-state index in [4.69, 9.17) is 14.2 Å². The van der Waals surface area contributed by atoms with Crippen molar-refractivity contribution in [1.82, 2.24) is 0 Å². The Hall–Kier alpha value is -0.650. The minimum atomic E-state index is -0.643. The molecule has 2 saturated carbocycles. The molecule has 1 saturated heterocycles. The van der Waals surface area contributed by atoms with Crippen molar-refractivity contribution in [3.8, 4) is 0 Å². The van der Waals surface area contributed by atoms with Gasteiger partial charge in [0.2, 0.25) is 0 Å². The molecule has 3 fully saturated rings. The van der Waals surface area contributed by atoms with Gasteiger partial charge in [-0.05, 0) is 58.3 Å². The lowest BCUT2D eigenvalue weighted by molar-refractivity contribution is -0.399. The smallest absolute Gasteiger partial charge is 0.302 e. The van der Waals surface area contributed by atoms with Crippen molar-refractivity contribution < 1.29 is 24.1 Å². The highest BCUT2D eigenvalue weighted by atomic mass is 16.7. The van der Waals surface area contributed by atoms with Crippen LogP contribution in [0.15, 0.2) is 0 Å². The summed E-state index contributed by atoms with van der Waals surface area (Å²) >= 11 is 0. The van der Waals surface area contributed by atoms with Crippen molar-refractivity contribution in [3.63, 3.8) is 0 Å². The van der Waals surface area contributed by atoms with Crippen molar-refractivity contribution in [3.05, 3.63) is 0 Å². The molecule has 25 heavy (non-hydrogen) atoms. The maximum absolute atomic E-state index is 11.2. The summed E-state index contributed by atoms with van der Waals surface area (Å²) in [5.41, 5.74) is -0.480. The number of aliphatic hydroxyl groups excluding tert-OH is 1. The van der Waals surface area contributed by atoms with Gasteiger partial charge in [-0.3, -0.25) is 4.79 Å². The number of aliphatic hydroxyl groups is 1. The van der Waals surface area contributed by atoms with E-state index in [9.17, 15) is 9.90 Å². The van der Waals surface area contributed by atoms with E-state index < -0.39 is 5.79 Å². The summed E-state index contributed by atoms with van der Waals surface area (Å²) in [6, 6.07) is 0. The van der Waals surface area contributed by atoms with Gasteiger partial charge >= 0.3 is 5.97 Å². The fraction of sp³-hybridized carbons (Fsp3) is 0.950. The molecule has 1 aliphatic heterocycles. The predicted molar refractivity (Wildman–Crippen MR) is 93.8 cm³/mol. The summed E-state index contributed by atoms with van der Waals surface area (Å²) in [6.45, 7) is 12.4. The van der Waals surface area contributed by atoms with E-state index in [1.807, 2.05) is 13.8 Å². The molecule has 1 unspecified atom stereocenters. The first-order chi connectivity index (χ1) is 11.5. The fourth-order valence-electron chi connectivity index (χ4n) is 5.91. The molecule has 0 aromatic heterocycles. The first-order valence-corrected chi connectivity index (χ1v) is 9.68. The Balaban J connectivity index is 1.92. The van der Waals surface area contributed by atoms with Crippen LogP contribution in [0.4, 0.5) is 0 Å².